The lowest BCUT2D eigenvalue weighted by Crippen LogP contribution is -2.20. The molecule has 2 aromatic rings. The maximum atomic E-state index is 11.4. The number of carbonyl (C=O) groups is 1. The van der Waals surface area contributed by atoms with Crippen molar-refractivity contribution in [1.82, 2.24) is 10.2 Å². The Morgan fingerprint density at radius 2 is 2.05 bits per heavy atom. The van der Waals surface area contributed by atoms with E-state index in [-0.39, 0.29) is 11.6 Å². The van der Waals surface area contributed by atoms with E-state index in [1.807, 2.05) is 0 Å². The van der Waals surface area contributed by atoms with Gasteiger partial charge in [0.1, 0.15) is 10.4 Å². The first-order valence-electron chi connectivity index (χ1n) is 5.50. The van der Waals surface area contributed by atoms with Gasteiger partial charge in [0.2, 0.25) is 11.0 Å². The summed E-state index contributed by atoms with van der Waals surface area (Å²) < 4.78 is 0. The standard InChI is InChI=1S/C11H9ClN4O3S/c1-6(12)9(17)13-11-15-14-10(20-11)7-2-4-8(5-3-7)16(18)19/h2-6H,1H3,(H,13,15,17)/t6-/m1/s1. The number of anilines is 1. The Labute approximate surface area is 122 Å². The van der Waals surface area contributed by atoms with Crippen LogP contribution < -0.4 is 5.32 Å². The molecule has 0 aliphatic heterocycles. The molecule has 1 amide bonds. The number of nitrogens with one attached hydrogen (secondary N) is 1. The fourth-order valence-electron chi connectivity index (χ4n) is 1.32. The molecule has 2 rings (SSSR count). The third-order valence-corrected chi connectivity index (χ3v) is 3.43. The van der Waals surface area contributed by atoms with Gasteiger partial charge in [0.05, 0.1) is 4.92 Å². The van der Waals surface area contributed by atoms with E-state index < -0.39 is 10.3 Å². The van der Waals surface area contributed by atoms with E-state index in [1.54, 1.807) is 19.1 Å². The van der Waals surface area contributed by atoms with Gasteiger partial charge in [-0.1, -0.05) is 11.3 Å². The second-order valence-corrected chi connectivity index (χ2v) is 5.45. The van der Waals surface area contributed by atoms with Crippen molar-refractivity contribution in [1.29, 1.82) is 0 Å². The summed E-state index contributed by atoms with van der Waals surface area (Å²) in [6, 6.07) is 5.93. The molecule has 7 nitrogen and oxygen atoms in total. The van der Waals surface area contributed by atoms with Crippen molar-refractivity contribution in [3.05, 3.63) is 34.4 Å². The van der Waals surface area contributed by atoms with Crippen LogP contribution in [0.25, 0.3) is 10.6 Å². The van der Waals surface area contributed by atoms with Gasteiger partial charge in [-0.3, -0.25) is 20.2 Å². The molecule has 0 saturated heterocycles. The molecule has 0 aliphatic rings. The molecule has 0 unspecified atom stereocenters. The van der Waals surface area contributed by atoms with Gasteiger partial charge >= 0.3 is 0 Å². The highest BCUT2D eigenvalue weighted by Crippen LogP contribution is 2.27. The van der Waals surface area contributed by atoms with Crippen molar-refractivity contribution in [2.45, 2.75) is 12.3 Å². The lowest BCUT2D eigenvalue weighted by Gasteiger charge is -2.00. The number of rotatable bonds is 4. The van der Waals surface area contributed by atoms with Gasteiger partial charge in [-0.05, 0) is 19.1 Å². The van der Waals surface area contributed by atoms with Crippen molar-refractivity contribution in [2.75, 3.05) is 5.32 Å². The number of halogens is 1. The van der Waals surface area contributed by atoms with E-state index in [4.69, 9.17) is 11.6 Å². The summed E-state index contributed by atoms with van der Waals surface area (Å²) in [6.07, 6.45) is 0. The molecule has 1 heterocycles. The van der Waals surface area contributed by atoms with Crippen LogP contribution in [0, 0.1) is 10.1 Å². The maximum absolute atomic E-state index is 11.4. The van der Waals surface area contributed by atoms with Crippen LogP contribution in [0.2, 0.25) is 0 Å². The number of alkyl halides is 1. The van der Waals surface area contributed by atoms with Gasteiger partial charge in [0.15, 0.2) is 0 Å². The molecule has 0 radical (unpaired) electrons. The quantitative estimate of drug-likeness (QED) is 0.531. The number of aromatic nitrogens is 2. The highest BCUT2D eigenvalue weighted by Gasteiger charge is 2.14. The summed E-state index contributed by atoms with van der Waals surface area (Å²) in [5, 5.41) is 21.0. The Morgan fingerprint density at radius 3 is 2.60 bits per heavy atom. The topological polar surface area (TPSA) is 98.0 Å². The van der Waals surface area contributed by atoms with Crippen LogP contribution in [-0.2, 0) is 4.79 Å². The van der Waals surface area contributed by atoms with Gasteiger partial charge in [-0.15, -0.1) is 21.8 Å². The minimum atomic E-state index is -0.665. The molecule has 0 aliphatic carbocycles. The van der Waals surface area contributed by atoms with Crippen molar-refractivity contribution < 1.29 is 9.72 Å². The second-order valence-electron chi connectivity index (χ2n) is 3.82. The molecule has 104 valence electrons. The molecule has 1 aromatic carbocycles. The fourth-order valence-corrected chi connectivity index (χ4v) is 2.13. The average Bonchev–Trinajstić information content (AvgIpc) is 2.87. The number of amides is 1. The monoisotopic (exact) mass is 312 g/mol. The smallest absolute Gasteiger partial charge is 0.269 e. The lowest BCUT2D eigenvalue weighted by atomic mass is 10.2. The van der Waals surface area contributed by atoms with Crippen LogP contribution in [0.5, 0.6) is 0 Å². The van der Waals surface area contributed by atoms with Crippen LogP contribution in [0.1, 0.15) is 6.92 Å². The molecule has 1 N–H and O–H groups in total. The summed E-state index contributed by atoms with van der Waals surface area (Å²) in [5.74, 6) is -0.363. The highest BCUT2D eigenvalue weighted by molar-refractivity contribution is 7.18. The molecule has 20 heavy (non-hydrogen) atoms. The van der Waals surface area contributed by atoms with Crippen molar-refractivity contribution in [3.63, 3.8) is 0 Å². The van der Waals surface area contributed by atoms with Crippen LogP contribution in [0.3, 0.4) is 0 Å². The number of nitrogens with zero attached hydrogens (tertiary/aromatic N) is 3. The summed E-state index contributed by atoms with van der Waals surface area (Å²) in [4.78, 5) is 21.5. The van der Waals surface area contributed by atoms with Gasteiger partial charge < -0.3 is 0 Å². The lowest BCUT2D eigenvalue weighted by molar-refractivity contribution is -0.384. The van der Waals surface area contributed by atoms with E-state index in [1.165, 1.54) is 12.1 Å². The maximum Gasteiger partial charge on any atom is 0.269 e. The van der Waals surface area contributed by atoms with E-state index in [0.29, 0.717) is 15.7 Å². The minimum Gasteiger partial charge on any atom is -0.299 e. The van der Waals surface area contributed by atoms with Gasteiger partial charge in [-0.25, -0.2) is 0 Å². The Hall–Kier alpha value is -2.06. The van der Waals surface area contributed by atoms with Crippen LogP contribution in [0.4, 0.5) is 10.8 Å². The predicted octanol–water partition coefficient (Wildman–Crippen LogP) is 2.68. The summed E-state index contributed by atoms with van der Waals surface area (Å²) in [6.45, 7) is 1.55. The normalized spacial score (nSPS) is 11.9. The Bertz CT molecular complexity index is 641. The average molecular weight is 313 g/mol. The number of carbonyl (C=O) groups excluding carboxylic acids is 1. The van der Waals surface area contributed by atoms with Crippen molar-refractivity contribution >= 4 is 39.7 Å². The van der Waals surface area contributed by atoms with Crippen molar-refractivity contribution in [3.8, 4) is 10.6 Å². The number of non-ortho nitro benzene ring substituents is 1. The van der Waals surface area contributed by atoms with E-state index in [2.05, 4.69) is 15.5 Å². The number of hydrogen-bond acceptors (Lipinski definition) is 6. The molecule has 0 fully saturated rings. The molecule has 0 spiro atoms. The SMILES string of the molecule is C[C@@H](Cl)C(=O)Nc1nnc(-c2ccc([N+](=O)[O-])cc2)s1. The number of benzene rings is 1. The van der Waals surface area contributed by atoms with Gasteiger partial charge in [0.25, 0.3) is 5.69 Å². The summed E-state index contributed by atoms with van der Waals surface area (Å²) in [5.41, 5.74) is 0.690. The van der Waals surface area contributed by atoms with Crippen molar-refractivity contribution in [2.24, 2.45) is 0 Å². The first-order chi connectivity index (χ1) is 9.47. The van der Waals surface area contributed by atoms with Gasteiger partial charge in [0, 0.05) is 17.7 Å². The Balaban J connectivity index is 2.16. The molecule has 9 heteroatoms. The first kappa shape index (κ1) is 14.4. The zero-order valence-corrected chi connectivity index (χ0v) is 11.8. The molecular weight excluding hydrogens is 304 g/mol. The highest BCUT2D eigenvalue weighted by atomic mass is 35.5. The third-order valence-electron chi connectivity index (χ3n) is 2.34. The van der Waals surface area contributed by atoms with E-state index in [0.717, 1.165) is 11.3 Å². The molecule has 0 bridgehead atoms. The van der Waals surface area contributed by atoms with Gasteiger partial charge in [-0.2, -0.15) is 0 Å². The molecule has 0 saturated carbocycles. The largest absolute Gasteiger partial charge is 0.299 e. The zero-order valence-electron chi connectivity index (χ0n) is 10.2. The van der Waals surface area contributed by atoms with Crippen LogP contribution >= 0.6 is 22.9 Å². The van der Waals surface area contributed by atoms with E-state index in [9.17, 15) is 14.9 Å². The summed E-state index contributed by atoms with van der Waals surface area (Å²) in [7, 11) is 0. The zero-order chi connectivity index (χ0) is 14.7. The predicted molar refractivity (Wildman–Crippen MR) is 75.9 cm³/mol. The fraction of sp³-hybridized carbons (Fsp3) is 0.182. The molecule has 1 aromatic heterocycles. The number of hydrogen-bond donors (Lipinski definition) is 1. The third kappa shape index (κ3) is 3.28. The van der Waals surface area contributed by atoms with Crippen LogP contribution in [0.15, 0.2) is 24.3 Å². The minimum absolute atomic E-state index is 0.00255. The summed E-state index contributed by atoms with van der Waals surface area (Å²) >= 11 is 6.79. The first-order valence-corrected chi connectivity index (χ1v) is 6.76. The Kier molecular flexibility index (Phi) is 4.26. The molecular formula is C11H9ClN4O3S. The number of nitro benzene ring substituents is 1. The van der Waals surface area contributed by atoms with E-state index >= 15 is 0 Å². The number of nitro groups is 1. The Morgan fingerprint density at radius 1 is 1.40 bits per heavy atom. The van der Waals surface area contributed by atoms with Crippen LogP contribution in [-0.4, -0.2) is 26.4 Å². The second kappa shape index (κ2) is 5.93. The molecule has 1 atom stereocenters.